The molecule has 0 spiro atoms. The molecule has 6 heterocycles. The summed E-state index contributed by atoms with van der Waals surface area (Å²) in [4.78, 5) is 0. The third kappa shape index (κ3) is 6.14. The van der Waals surface area contributed by atoms with Crippen molar-refractivity contribution in [3.8, 4) is 34.2 Å². The quantitative estimate of drug-likeness (QED) is 0.162. The van der Waals surface area contributed by atoms with E-state index in [1.54, 1.807) is 0 Å². The van der Waals surface area contributed by atoms with Crippen molar-refractivity contribution in [3.63, 3.8) is 0 Å². The first-order chi connectivity index (χ1) is 37.6. The second-order valence-electron chi connectivity index (χ2n) is 25.4. The molecule has 4 aromatic heterocycles. The van der Waals surface area contributed by atoms with Gasteiger partial charge in [0.25, 0.3) is 6.71 Å². The zero-order valence-corrected chi connectivity index (χ0v) is 45.7. The van der Waals surface area contributed by atoms with Gasteiger partial charge in [0, 0.05) is 60.4 Å². The first-order valence-electron chi connectivity index (χ1n) is 27.8. The summed E-state index contributed by atoms with van der Waals surface area (Å²) >= 11 is 0. The average molecular weight is 1010 g/mol. The molecule has 5 nitrogen and oxygen atoms in total. The van der Waals surface area contributed by atoms with E-state index in [2.05, 4.69) is 275 Å². The van der Waals surface area contributed by atoms with Gasteiger partial charge in [-0.1, -0.05) is 184 Å². The van der Waals surface area contributed by atoms with Gasteiger partial charge in [0.1, 0.15) is 11.5 Å². The second-order valence-corrected chi connectivity index (χ2v) is 25.4. The number of ether oxygens (including phenoxy) is 1. The molecule has 14 aromatic rings. The van der Waals surface area contributed by atoms with Crippen molar-refractivity contribution in [2.75, 3.05) is 0 Å². The standard InChI is InChI=1S/C72H59BN4O/c1-70(2,3)42-32-34-60-52(36-42)53-37-44(72(7,8)9)39-55-67(53)77(60)63-40-45(41-65-66(63)73(55)54-38-43(71(4,5)6)33-35-64(54)78-65)74-68-50(24-18-30-61(68)75-56-26-14-10-20-46(56)47-21-11-15-27-57(47)75)51-25-19-31-62(69(51)74)76-58-28-16-12-22-48(58)49-23-13-17-29-59(49)76/h10-41H,1-9H3. The molecule has 0 N–H and O–H groups in total. The monoisotopic (exact) mass is 1010 g/mol. The molecular weight excluding hydrogens is 948 g/mol. The lowest BCUT2D eigenvalue weighted by Crippen LogP contribution is -2.58. The lowest BCUT2D eigenvalue weighted by molar-refractivity contribution is 0.486. The van der Waals surface area contributed by atoms with E-state index in [0.717, 1.165) is 45.3 Å². The SMILES string of the molecule is CC(C)(C)c1ccc2c(c1)B1c3c(cc(-n4c5c(-n6c7ccccc7c7ccccc76)cccc5c5cccc(-n6c7ccccc7c7ccccc76)c54)cc3-n3c4ccc(C(C)(C)C)cc4c4cc(C(C)(C)C)cc1c43)O2. The molecule has 0 radical (unpaired) electrons. The largest absolute Gasteiger partial charge is 0.458 e. The fourth-order valence-electron chi connectivity index (χ4n) is 13.8. The van der Waals surface area contributed by atoms with Crippen LogP contribution in [0.3, 0.4) is 0 Å². The summed E-state index contributed by atoms with van der Waals surface area (Å²) in [6.45, 7) is 21.0. The number of fused-ring (bicyclic) bond motifs is 16. The number of aromatic nitrogens is 4. The highest BCUT2D eigenvalue weighted by atomic mass is 16.5. The minimum absolute atomic E-state index is 0.0359. The van der Waals surface area contributed by atoms with Crippen LogP contribution < -0.4 is 21.1 Å². The van der Waals surface area contributed by atoms with Crippen molar-refractivity contribution in [2.45, 2.75) is 78.6 Å². The van der Waals surface area contributed by atoms with Crippen molar-refractivity contribution >= 4 is 110 Å². The number of para-hydroxylation sites is 6. The Hall–Kier alpha value is -8.74. The van der Waals surface area contributed by atoms with Gasteiger partial charge in [-0.05, 0) is 116 Å². The summed E-state index contributed by atoms with van der Waals surface area (Å²) in [7, 11) is 0. The molecule has 16 rings (SSSR count). The van der Waals surface area contributed by atoms with Gasteiger partial charge in [0.05, 0.1) is 55.7 Å². The smallest absolute Gasteiger partial charge is 0.256 e. The Balaban J connectivity index is 1.10. The molecule has 0 fully saturated rings. The summed E-state index contributed by atoms with van der Waals surface area (Å²) in [5, 5.41) is 9.88. The third-order valence-corrected chi connectivity index (χ3v) is 17.6. The van der Waals surface area contributed by atoms with E-state index in [-0.39, 0.29) is 23.0 Å². The fourth-order valence-corrected chi connectivity index (χ4v) is 13.8. The van der Waals surface area contributed by atoms with Gasteiger partial charge in [0.15, 0.2) is 0 Å². The molecule has 0 bridgehead atoms. The first kappa shape index (κ1) is 45.5. The normalized spacial score (nSPS) is 13.5. The number of hydrogen-bond donors (Lipinski definition) is 0. The molecule has 2 aliphatic heterocycles. The molecule has 376 valence electrons. The van der Waals surface area contributed by atoms with Crippen LogP contribution in [-0.4, -0.2) is 25.0 Å². The highest BCUT2D eigenvalue weighted by Crippen LogP contribution is 2.47. The van der Waals surface area contributed by atoms with E-state index in [9.17, 15) is 0 Å². The Morgan fingerprint density at radius 1 is 0.308 bits per heavy atom. The lowest BCUT2D eigenvalue weighted by atomic mass is 9.34. The Bertz CT molecular complexity index is 4680. The molecule has 0 unspecified atom stereocenters. The Morgan fingerprint density at radius 2 is 0.756 bits per heavy atom. The maximum Gasteiger partial charge on any atom is 0.256 e. The van der Waals surface area contributed by atoms with Gasteiger partial charge >= 0.3 is 0 Å². The van der Waals surface area contributed by atoms with Crippen LogP contribution in [0.2, 0.25) is 0 Å². The molecule has 78 heavy (non-hydrogen) atoms. The van der Waals surface area contributed by atoms with Crippen LogP contribution in [0, 0.1) is 0 Å². The zero-order chi connectivity index (χ0) is 52.9. The second kappa shape index (κ2) is 15.5. The van der Waals surface area contributed by atoms with Crippen molar-refractivity contribution in [2.24, 2.45) is 0 Å². The van der Waals surface area contributed by atoms with Crippen LogP contribution in [0.15, 0.2) is 194 Å². The summed E-state index contributed by atoms with van der Waals surface area (Å²) in [5.41, 5.74) is 21.4. The minimum Gasteiger partial charge on any atom is -0.458 e. The molecular formula is C72H59BN4O. The average Bonchev–Trinajstić information content (AvgIpc) is 3.49. The summed E-state index contributed by atoms with van der Waals surface area (Å²) < 4.78 is 17.7. The van der Waals surface area contributed by atoms with E-state index in [0.29, 0.717) is 0 Å². The van der Waals surface area contributed by atoms with E-state index >= 15 is 0 Å². The Kier molecular flexibility index (Phi) is 9.02. The first-order valence-corrected chi connectivity index (χ1v) is 27.8. The highest BCUT2D eigenvalue weighted by molar-refractivity contribution is 6.99. The lowest BCUT2D eigenvalue weighted by Gasteiger charge is -2.35. The Labute approximate surface area is 454 Å². The predicted octanol–water partition coefficient (Wildman–Crippen LogP) is 16.9. The molecule has 0 saturated carbocycles. The van der Waals surface area contributed by atoms with Crippen LogP contribution in [0.5, 0.6) is 11.5 Å². The number of nitrogens with zero attached hydrogens (tertiary/aromatic N) is 4. The number of hydrogen-bond acceptors (Lipinski definition) is 1. The van der Waals surface area contributed by atoms with Crippen LogP contribution in [-0.2, 0) is 16.2 Å². The summed E-state index contributed by atoms with van der Waals surface area (Å²) in [6.07, 6.45) is 0. The van der Waals surface area contributed by atoms with E-state index in [4.69, 9.17) is 4.74 Å². The van der Waals surface area contributed by atoms with Gasteiger partial charge in [-0.2, -0.15) is 0 Å². The molecule has 0 aliphatic carbocycles. The molecule has 0 atom stereocenters. The van der Waals surface area contributed by atoms with Crippen molar-refractivity contribution in [1.82, 2.24) is 18.3 Å². The zero-order valence-electron chi connectivity index (χ0n) is 45.7. The maximum absolute atomic E-state index is 7.51. The van der Waals surface area contributed by atoms with Gasteiger partial charge in [-0.3, -0.25) is 0 Å². The van der Waals surface area contributed by atoms with E-state index in [1.807, 2.05) is 0 Å². The summed E-state index contributed by atoms with van der Waals surface area (Å²) in [6, 6.07) is 73.5. The highest BCUT2D eigenvalue weighted by Gasteiger charge is 2.43. The van der Waals surface area contributed by atoms with Gasteiger partial charge in [-0.15, -0.1) is 0 Å². The summed E-state index contributed by atoms with van der Waals surface area (Å²) in [5.74, 6) is 1.80. The molecule has 0 saturated heterocycles. The molecule has 6 heteroatoms. The van der Waals surface area contributed by atoms with E-state index < -0.39 is 0 Å². The topological polar surface area (TPSA) is 28.9 Å². The third-order valence-electron chi connectivity index (χ3n) is 17.6. The van der Waals surface area contributed by atoms with Crippen molar-refractivity contribution in [3.05, 3.63) is 211 Å². The minimum atomic E-state index is -0.0896. The maximum atomic E-state index is 7.51. The molecule has 0 amide bonds. The molecule has 10 aromatic carbocycles. The van der Waals surface area contributed by atoms with E-state index in [1.165, 1.54) is 109 Å². The number of rotatable bonds is 3. The fraction of sp³-hybridized carbons (Fsp3) is 0.167. The van der Waals surface area contributed by atoms with Crippen LogP contribution in [0.25, 0.3) is 110 Å². The van der Waals surface area contributed by atoms with Crippen LogP contribution in [0.4, 0.5) is 0 Å². The van der Waals surface area contributed by atoms with Crippen molar-refractivity contribution in [1.29, 1.82) is 0 Å². The van der Waals surface area contributed by atoms with Gasteiger partial charge in [0.2, 0.25) is 0 Å². The Morgan fingerprint density at radius 3 is 1.28 bits per heavy atom. The number of benzene rings is 10. The van der Waals surface area contributed by atoms with Gasteiger partial charge < -0.3 is 23.0 Å². The van der Waals surface area contributed by atoms with Crippen LogP contribution >= 0.6 is 0 Å². The van der Waals surface area contributed by atoms with Gasteiger partial charge in [-0.25, -0.2) is 0 Å². The van der Waals surface area contributed by atoms with Crippen molar-refractivity contribution < 1.29 is 4.74 Å². The van der Waals surface area contributed by atoms with Crippen LogP contribution in [0.1, 0.15) is 79.0 Å². The predicted molar refractivity (Wildman–Crippen MR) is 331 cm³/mol. The molecule has 2 aliphatic rings.